The van der Waals surface area contributed by atoms with Gasteiger partial charge in [0.25, 0.3) is 5.91 Å². The molecule has 0 bridgehead atoms. The largest absolute Gasteiger partial charge is 0.508 e. The Bertz CT molecular complexity index is 862. The molecule has 1 amide bonds. The van der Waals surface area contributed by atoms with Crippen LogP contribution in [0.25, 0.3) is 0 Å². The summed E-state index contributed by atoms with van der Waals surface area (Å²) in [5.74, 6) is 0.0458. The van der Waals surface area contributed by atoms with Crippen molar-refractivity contribution in [2.75, 3.05) is 5.73 Å². The highest BCUT2D eigenvalue weighted by molar-refractivity contribution is 7.10. The summed E-state index contributed by atoms with van der Waals surface area (Å²) < 4.78 is 0. The highest BCUT2D eigenvalue weighted by Gasteiger charge is 2.21. The molecule has 122 valence electrons. The van der Waals surface area contributed by atoms with Gasteiger partial charge in [-0.1, -0.05) is 18.2 Å². The van der Waals surface area contributed by atoms with E-state index in [1.165, 1.54) is 11.3 Å². The van der Waals surface area contributed by atoms with Crippen molar-refractivity contribution in [1.82, 2.24) is 10.3 Å². The van der Waals surface area contributed by atoms with Gasteiger partial charge in [-0.25, -0.2) is 4.98 Å². The molecule has 6 heteroatoms. The average Bonchev–Trinajstić information content (AvgIpc) is 3.09. The van der Waals surface area contributed by atoms with Crippen LogP contribution in [0.2, 0.25) is 0 Å². The number of phenols is 1. The number of phenolic OH excluding ortho intramolecular Hbond substituents is 1. The van der Waals surface area contributed by atoms with Crippen molar-refractivity contribution in [3.8, 4) is 5.75 Å². The molecule has 3 aromatic rings. The molecule has 0 fully saturated rings. The van der Waals surface area contributed by atoms with E-state index in [2.05, 4.69) is 10.3 Å². The number of hydrogen-bond donors (Lipinski definition) is 3. The second kappa shape index (κ2) is 6.72. The first-order valence-corrected chi connectivity index (χ1v) is 8.28. The van der Waals surface area contributed by atoms with Crippen LogP contribution in [0.15, 0.2) is 54.0 Å². The molecule has 0 saturated heterocycles. The molecular weight excluding hydrogens is 322 g/mol. The zero-order valence-corrected chi connectivity index (χ0v) is 13.9. The Labute approximate surface area is 143 Å². The average molecular weight is 339 g/mol. The molecule has 0 saturated carbocycles. The minimum Gasteiger partial charge on any atom is -0.508 e. The molecule has 3 rings (SSSR count). The van der Waals surface area contributed by atoms with Crippen molar-refractivity contribution in [3.05, 3.63) is 75.6 Å². The number of benzene rings is 1. The Morgan fingerprint density at radius 3 is 2.83 bits per heavy atom. The van der Waals surface area contributed by atoms with Crippen molar-refractivity contribution < 1.29 is 9.90 Å². The number of anilines is 1. The third-order valence-electron chi connectivity index (χ3n) is 3.61. The number of thiophene rings is 1. The van der Waals surface area contributed by atoms with Gasteiger partial charge in [-0.3, -0.25) is 4.79 Å². The first kappa shape index (κ1) is 16.0. The van der Waals surface area contributed by atoms with E-state index in [0.717, 1.165) is 16.0 Å². The van der Waals surface area contributed by atoms with Crippen LogP contribution in [0.3, 0.4) is 0 Å². The van der Waals surface area contributed by atoms with E-state index in [1.807, 2.05) is 30.5 Å². The fourth-order valence-corrected chi connectivity index (χ4v) is 3.25. The Morgan fingerprint density at radius 1 is 1.29 bits per heavy atom. The number of hydrogen-bond acceptors (Lipinski definition) is 5. The summed E-state index contributed by atoms with van der Waals surface area (Å²) in [5.41, 5.74) is 7.84. The standard InChI is InChI=1S/C18H17N3O2S/c1-11-8-14(17(19)20-10-11)18(23)21-16(15-6-3-7-24-15)12-4-2-5-13(22)9-12/h2-10,16,22H,1H3,(H2,19,20)(H,21,23). The number of aryl methyl sites for hydroxylation is 1. The molecule has 24 heavy (non-hydrogen) atoms. The molecule has 0 radical (unpaired) electrons. The molecule has 0 aliphatic rings. The van der Waals surface area contributed by atoms with Crippen LogP contribution in [0, 0.1) is 6.92 Å². The zero-order valence-electron chi connectivity index (χ0n) is 13.1. The summed E-state index contributed by atoms with van der Waals surface area (Å²) in [6, 6.07) is 12.1. The molecular formula is C18H17N3O2S. The van der Waals surface area contributed by atoms with E-state index in [1.54, 1.807) is 30.5 Å². The number of nitrogen functional groups attached to an aromatic ring is 1. The number of nitrogens with zero attached hydrogens (tertiary/aromatic N) is 1. The third-order valence-corrected chi connectivity index (χ3v) is 4.54. The summed E-state index contributed by atoms with van der Waals surface area (Å²) in [6.45, 7) is 1.86. The van der Waals surface area contributed by atoms with Crippen LogP contribution in [-0.2, 0) is 0 Å². The second-order valence-electron chi connectivity index (χ2n) is 5.46. The van der Waals surface area contributed by atoms with Gasteiger partial charge in [-0.15, -0.1) is 11.3 Å². The summed E-state index contributed by atoms with van der Waals surface area (Å²) in [5, 5.41) is 14.7. The molecule has 1 atom stereocenters. The monoisotopic (exact) mass is 339 g/mol. The summed E-state index contributed by atoms with van der Waals surface area (Å²) in [7, 11) is 0. The molecule has 1 unspecified atom stereocenters. The quantitative estimate of drug-likeness (QED) is 0.681. The molecule has 2 aromatic heterocycles. The summed E-state index contributed by atoms with van der Waals surface area (Å²) >= 11 is 1.53. The number of rotatable bonds is 4. The Morgan fingerprint density at radius 2 is 2.12 bits per heavy atom. The third kappa shape index (κ3) is 3.38. The normalized spacial score (nSPS) is 11.9. The highest BCUT2D eigenvalue weighted by Crippen LogP contribution is 2.28. The van der Waals surface area contributed by atoms with Crippen LogP contribution in [0.1, 0.15) is 32.4 Å². The topological polar surface area (TPSA) is 88.2 Å². The van der Waals surface area contributed by atoms with E-state index in [4.69, 9.17) is 5.73 Å². The van der Waals surface area contributed by atoms with Crippen LogP contribution < -0.4 is 11.1 Å². The van der Waals surface area contributed by atoms with E-state index < -0.39 is 0 Å². The molecule has 0 spiro atoms. The number of aromatic hydroxyl groups is 1. The molecule has 0 aliphatic heterocycles. The van der Waals surface area contributed by atoms with Gasteiger partial charge < -0.3 is 16.2 Å². The van der Waals surface area contributed by atoms with E-state index in [9.17, 15) is 9.90 Å². The summed E-state index contributed by atoms with van der Waals surface area (Å²) in [4.78, 5) is 17.7. The van der Waals surface area contributed by atoms with Gasteiger partial charge in [-0.2, -0.15) is 0 Å². The lowest BCUT2D eigenvalue weighted by molar-refractivity contribution is 0.0944. The van der Waals surface area contributed by atoms with E-state index in [0.29, 0.717) is 5.56 Å². The maximum Gasteiger partial charge on any atom is 0.255 e. The Hall–Kier alpha value is -2.86. The number of carbonyl (C=O) groups is 1. The minimum absolute atomic E-state index is 0.153. The maximum absolute atomic E-state index is 12.7. The fourth-order valence-electron chi connectivity index (χ4n) is 2.45. The van der Waals surface area contributed by atoms with Crippen LogP contribution in [0.5, 0.6) is 5.75 Å². The van der Waals surface area contributed by atoms with Crippen molar-refractivity contribution in [2.24, 2.45) is 0 Å². The predicted octanol–water partition coefficient (Wildman–Crippen LogP) is 3.26. The SMILES string of the molecule is Cc1cnc(N)c(C(=O)NC(c2cccc(O)c2)c2cccs2)c1. The van der Waals surface area contributed by atoms with Gasteiger partial charge in [0.1, 0.15) is 11.6 Å². The number of nitrogens with one attached hydrogen (secondary N) is 1. The zero-order chi connectivity index (χ0) is 17.1. The first-order chi connectivity index (χ1) is 11.5. The smallest absolute Gasteiger partial charge is 0.255 e. The molecule has 5 nitrogen and oxygen atoms in total. The molecule has 4 N–H and O–H groups in total. The first-order valence-electron chi connectivity index (χ1n) is 7.40. The summed E-state index contributed by atoms with van der Waals surface area (Å²) in [6.07, 6.45) is 1.62. The van der Waals surface area contributed by atoms with Crippen molar-refractivity contribution in [3.63, 3.8) is 0 Å². The van der Waals surface area contributed by atoms with Crippen molar-refractivity contribution in [2.45, 2.75) is 13.0 Å². The maximum atomic E-state index is 12.7. The van der Waals surface area contributed by atoms with Gasteiger partial charge in [0.05, 0.1) is 11.6 Å². The van der Waals surface area contributed by atoms with E-state index in [-0.39, 0.29) is 23.5 Å². The van der Waals surface area contributed by atoms with E-state index >= 15 is 0 Å². The van der Waals surface area contributed by atoms with Gasteiger partial charge in [0.2, 0.25) is 0 Å². The Kier molecular flexibility index (Phi) is 4.48. The number of nitrogens with two attached hydrogens (primary N) is 1. The fraction of sp³-hybridized carbons (Fsp3) is 0.111. The van der Waals surface area contributed by atoms with Crippen molar-refractivity contribution >= 4 is 23.1 Å². The second-order valence-corrected chi connectivity index (χ2v) is 6.44. The number of carbonyl (C=O) groups excluding carboxylic acids is 1. The number of pyridine rings is 1. The minimum atomic E-state index is -0.371. The van der Waals surface area contributed by atoms with Gasteiger partial charge >= 0.3 is 0 Å². The lowest BCUT2D eigenvalue weighted by Gasteiger charge is -2.19. The van der Waals surface area contributed by atoms with Crippen LogP contribution in [-0.4, -0.2) is 16.0 Å². The lowest BCUT2D eigenvalue weighted by Crippen LogP contribution is -2.29. The lowest BCUT2D eigenvalue weighted by atomic mass is 10.0. The number of amides is 1. The van der Waals surface area contributed by atoms with Gasteiger partial charge in [-0.05, 0) is 47.7 Å². The number of aromatic nitrogens is 1. The van der Waals surface area contributed by atoms with Gasteiger partial charge in [0.15, 0.2) is 0 Å². The van der Waals surface area contributed by atoms with Crippen LogP contribution >= 0.6 is 11.3 Å². The van der Waals surface area contributed by atoms with Crippen LogP contribution in [0.4, 0.5) is 5.82 Å². The highest BCUT2D eigenvalue weighted by atomic mass is 32.1. The predicted molar refractivity (Wildman–Crippen MR) is 95.1 cm³/mol. The molecule has 1 aromatic carbocycles. The molecule has 0 aliphatic carbocycles. The van der Waals surface area contributed by atoms with Gasteiger partial charge in [0, 0.05) is 11.1 Å². The molecule has 2 heterocycles. The Balaban J connectivity index is 1.95. The van der Waals surface area contributed by atoms with Crippen molar-refractivity contribution in [1.29, 1.82) is 0 Å².